The minimum Gasteiger partial charge on any atom is -0.465 e. The molecule has 0 aromatic carbocycles. The van der Waals surface area contributed by atoms with Crippen LogP contribution in [0.15, 0.2) is 12.3 Å². The van der Waals surface area contributed by atoms with Crippen LogP contribution >= 0.6 is 0 Å². The Bertz CT molecular complexity index is 328. The first-order valence-electron chi connectivity index (χ1n) is 5.37. The number of piperidine rings is 1. The van der Waals surface area contributed by atoms with Gasteiger partial charge in [-0.2, -0.15) is 0 Å². The number of rotatable bonds is 2. The highest BCUT2D eigenvalue weighted by molar-refractivity contribution is 5.65. The number of likely N-dealkylation sites (tertiary alicyclic amines) is 1. The number of hydrogen-bond acceptors (Lipinski definition) is 3. The molecule has 1 saturated heterocycles. The van der Waals surface area contributed by atoms with Gasteiger partial charge in [-0.05, 0) is 36.7 Å². The molecule has 3 atom stereocenters. The van der Waals surface area contributed by atoms with Gasteiger partial charge >= 0.3 is 6.09 Å². The molecule has 1 aliphatic heterocycles. The van der Waals surface area contributed by atoms with Crippen molar-refractivity contribution in [3.8, 4) is 0 Å². The standard InChI is InChI=1S/C10H14N2O4/c13-10(14)11-5-7-1-2-8(6-11)9(7)3-4-12(15)16/h3-4,7-9H,1-2,5-6H2,(H,13,14)/b4-3+/t7-,8+,9?. The molecule has 2 aliphatic rings. The fourth-order valence-electron chi connectivity index (χ4n) is 2.90. The van der Waals surface area contributed by atoms with Crippen molar-refractivity contribution in [3.05, 3.63) is 22.4 Å². The van der Waals surface area contributed by atoms with Gasteiger partial charge in [0.1, 0.15) is 0 Å². The zero-order chi connectivity index (χ0) is 11.7. The van der Waals surface area contributed by atoms with E-state index in [1.807, 2.05) is 0 Å². The van der Waals surface area contributed by atoms with Crippen molar-refractivity contribution >= 4 is 6.09 Å². The number of allylic oxidation sites excluding steroid dienone is 1. The molecular weight excluding hydrogens is 212 g/mol. The van der Waals surface area contributed by atoms with Gasteiger partial charge in [-0.1, -0.05) is 0 Å². The molecule has 2 fully saturated rings. The van der Waals surface area contributed by atoms with Crippen LogP contribution in [-0.2, 0) is 0 Å². The van der Waals surface area contributed by atoms with Gasteiger partial charge in [0.2, 0.25) is 6.20 Å². The third-order valence-corrected chi connectivity index (χ3v) is 3.61. The van der Waals surface area contributed by atoms with E-state index in [1.54, 1.807) is 6.08 Å². The van der Waals surface area contributed by atoms with Crippen molar-refractivity contribution in [2.24, 2.45) is 17.8 Å². The minimum absolute atomic E-state index is 0.181. The fourth-order valence-corrected chi connectivity index (χ4v) is 2.90. The predicted molar refractivity (Wildman–Crippen MR) is 55.4 cm³/mol. The maximum absolute atomic E-state index is 10.8. The second kappa shape index (κ2) is 4.11. The lowest BCUT2D eigenvalue weighted by Crippen LogP contribution is -2.43. The summed E-state index contributed by atoms with van der Waals surface area (Å²) in [5, 5.41) is 19.2. The van der Waals surface area contributed by atoms with Crippen LogP contribution in [0.2, 0.25) is 0 Å². The summed E-state index contributed by atoms with van der Waals surface area (Å²) in [6, 6.07) is 0. The Morgan fingerprint density at radius 2 is 1.94 bits per heavy atom. The molecule has 2 rings (SSSR count). The van der Waals surface area contributed by atoms with Crippen LogP contribution in [0, 0.1) is 27.9 Å². The van der Waals surface area contributed by atoms with E-state index in [0.717, 1.165) is 19.0 Å². The van der Waals surface area contributed by atoms with Crippen LogP contribution in [0.1, 0.15) is 12.8 Å². The molecule has 88 valence electrons. The smallest absolute Gasteiger partial charge is 0.407 e. The molecule has 1 amide bonds. The van der Waals surface area contributed by atoms with E-state index in [4.69, 9.17) is 5.11 Å². The topological polar surface area (TPSA) is 83.7 Å². The molecule has 0 aromatic heterocycles. The summed E-state index contributed by atoms with van der Waals surface area (Å²) in [6.07, 6.45) is 3.70. The third kappa shape index (κ3) is 2.00. The first-order chi connectivity index (χ1) is 7.58. The van der Waals surface area contributed by atoms with E-state index >= 15 is 0 Å². The summed E-state index contributed by atoms with van der Waals surface area (Å²) >= 11 is 0. The quantitative estimate of drug-likeness (QED) is 0.570. The van der Waals surface area contributed by atoms with Crippen molar-refractivity contribution in [1.82, 2.24) is 4.90 Å². The Kier molecular flexibility index (Phi) is 2.80. The van der Waals surface area contributed by atoms with Gasteiger partial charge < -0.3 is 10.0 Å². The van der Waals surface area contributed by atoms with Gasteiger partial charge in [0, 0.05) is 13.1 Å². The van der Waals surface area contributed by atoms with Crippen LogP contribution in [0.3, 0.4) is 0 Å². The maximum Gasteiger partial charge on any atom is 0.407 e. The van der Waals surface area contributed by atoms with Crippen molar-refractivity contribution in [3.63, 3.8) is 0 Å². The normalized spacial score (nSPS) is 33.2. The molecule has 0 spiro atoms. The zero-order valence-electron chi connectivity index (χ0n) is 8.78. The summed E-state index contributed by atoms with van der Waals surface area (Å²) in [5.41, 5.74) is 0. The number of nitrogens with zero attached hydrogens (tertiary/aromatic N) is 2. The molecule has 6 nitrogen and oxygen atoms in total. The van der Waals surface area contributed by atoms with E-state index in [9.17, 15) is 14.9 Å². The summed E-state index contributed by atoms with van der Waals surface area (Å²) in [6.45, 7) is 1.02. The van der Waals surface area contributed by atoms with Gasteiger partial charge in [-0.15, -0.1) is 0 Å². The molecule has 0 radical (unpaired) electrons. The average Bonchev–Trinajstić information content (AvgIpc) is 2.46. The number of carbonyl (C=O) groups is 1. The van der Waals surface area contributed by atoms with Gasteiger partial charge in [-0.3, -0.25) is 10.1 Å². The monoisotopic (exact) mass is 226 g/mol. The molecule has 1 saturated carbocycles. The van der Waals surface area contributed by atoms with Crippen molar-refractivity contribution < 1.29 is 14.8 Å². The number of carboxylic acid groups (broad SMARTS) is 1. The number of nitro groups is 1. The molecular formula is C10H14N2O4. The molecule has 0 aromatic rings. The minimum atomic E-state index is -0.881. The predicted octanol–water partition coefficient (Wildman–Crippen LogP) is 1.41. The van der Waals surface area contributed by atoms with E-state index in [2.05, 4.69) is 0 Å². The molecule has 1 aliphatic carbocycles. The van der Waals surface area contributed by atoms with Gasteiger partial charge in [0.15, 0.2) is 0 Å². The van der Waals surface area contributed by atoms with Crippen molar-refractivity contribution in [1.29, 1.82) is 0 Å². The number of amides is 1. The Balaban J connectivity index is 2.05. The summed E-state index contributed by atoms with van der Waals surface area (Å²) in [4.78, 5) is 22.1. The molecule has 1 unspecified atom stereocenters. The Morgan fingerprint density at radius 1 is 1.38 bits per heavy atom. The molecule has 1 N–H and O–H groups in total. The van der Waals surface area contributed by atoms with E-state index in [1.165, 1.54) is 4.90 Å². The molecule has 16 heavy (non-hydrogen) atoms. The molecule has 6 heteroatoms. The SMILES string of the molecule is O=C(O)N1C[C@H]2CC[C@@H](C1)C2/C=C/[N+](=O)[O-]. The second-order valence-corrected chi connectivity index (χ2v) is 4.49. The van der Waals surface area contributed by atoms with Crippen molar-refractivity contribution in [2.75, 3.05) is 13.1 Å². The Morgan fingerprint density at radius 3 is 2.38 bits per heavy atom. The highest BCUT2D eigenvalue weighted by Gasteiger charge is 2.42. The highest BCUT2D eigenvalue weighted by Crippen LogP contribution is 2.42. The lowest BCUT2D eigenvalue weighted by atomic mass is 9.85. The highest BCUT2D eigenvalue weighted by atomic mass is 16.6. The fraction of sp³-hybridized carbons (Fsp3) is 0.700. The maximum atomic E-state index is 10.8. The second-order valence-electron chi connectivity index (χ2n) is 4.49. The van der Waals surface area contributed by atoms with Crippen LogP contribution in [-0.4, -0.2) is 34.1 Å². The van der Waals surface area contributed by atoms with Gasteiger partial charge in [0.25, 0.3) is 0 Å². The third-order valence-electron chi connectivity index (χ3n) is 3.61. The number of hydrogen-bond donors (Lipinski definition) is 1. The average molecular weight is 226 g/mol. The zero-order valence-corrected chi connectivity index (χ0v) is 8.78. The van der Waals surface area contributed by atoms with E-state index in [-0.39, 0.29) is 17.8 Å². The first kappa shape index (κ1) is 10.9. The van der Waals surface area contributed by atoms with Crippen LogP contribution in [0.4, 0.5) is 4.79 Å². The lowest BCUT2D eigenvalue weighted by Gasteiger charge is -2.34. The van der Waals surface area contributed by atoms with Gasteiger partial charge in [-0.25, -0.2) is 4.79 Å². The first-order valence-corrected chi connectivity index (χ1v) is 5.37. The summed E-state index contributed by atoms with van der Waals surface area (Å²) in [7, 11) is 0. The summed E-state index contributed by atoms with van der Waals surface area (Å²) < 4.78 is 0. The largest absolute Gasteiger partial charge is 0.465 e. The van der Waals surface area contributed by atoms with Crippen LogP contribution in [0.5, 0.6) is 0 Å². The van der Waals surface area contributed by atoms with E-state index in [0.29, 0.717) is 13.1 Å². The molecule has 1 heterocycles. The lowest BCUT2D eigenvalue weighted by molar-refractivity contribution is -0.403. The van der Waals surface area contributed by atoms with E-state index < -0.39 is 11.0 Å². The molecule has 2 bridgehead atoms. The Labute approximate surface area is 92.7 Å². The van der Waals surface area contributed by atoms with Gasteiger partial charge in [0.05, 0.1) is 4.92 Å². The number of fused-ring (bicyclic) bond motifs is 2. The summed E-state index contributed by atoms with van der Waals surface area (Å²) in [5.74, 6) is 0.693. The van der Waals surface area contributed by atoms with Crippen molar-refractivity contribution in [2.45, 2.75) is 12.8 Å². The van der Waals surface area contributed by atoms with Crippen LogP contribution in [0.25, 0.3) is 0 Å². The van der Waals surface area contributed by atoms with Crippen LogP contribution < -0.4 is 0 Å². The Hall–Kier alpha value is -1.59.